The van der Waals surface area contributed by atoms with Crippen molar-refractivity contribution in [3.8, 4) is 11.5 Å². The van der Waals surface area contributed by atoms with Crippen molar-refractivity contribution in [3.05, 3.63) is 84.1 Å². The largest absolute Gasteiger partial charge is 0.490 e. The lowest BCUT2D eigenvalue weighted by atomic mass is 9.93. The number of aromatic nitrogens is 1. The number of likely N-dealkylation sites (tertiary alicyclic amines) is 1. The van der Waals surface area contributed by atoms with Crippen molar-refractivity contribution in [2.75, 3.05) is 24.2 Å². The molecule has 1 aliphatic rings. The van der Waals surface area contributed by atoms with Gasteiger partial charge in [-0.05, 0) is 100 Å². The normalized spacial score (nSPS) is 17.1. The molecule has 12 heteroatoms. The van der Waals surface area contributed by atoms with Crippen LogP contribution in [0.25, 0.3) is 10.8 Å². The summed E-state index contributed by atoms with van der Waals surface area (Å²) in [6, 6.07) is 16.9. The highest BCUT2D eigenvalue weighted by atomic mass is 32.2. The molecule has 48 heavy (non-hydrogen) atoms. The molecule has 1 saturated heterocycles. The molecule has 0 saturated carbocycles. The minimum absolute atomic E-state index is 0.0232. The number of aliphatic carboxylic acids is 1. The van der Waals surface area contributed by atoms with Gasteiger partial charge in [-0.25, -0.2) is 13.4 Å². The van der Waals surface area contributed by atoms with Gasteiger partial charge in [0.15, 0.2) is 21.3 Å². The molecular formula is C36H42N4O7S. The van der Waals surface area contributed by atoms with Crippen LogP contribution >= 0.6 is 0 Å². The number of benzene rings is 3. The van der Waals surface area contributed by atoms with Gasteiger partial charge in [-0.2, -0.15) is 0 Å². The Bertz CT molecular complexity index is 1930. The van der Waals surface area contributed by atoms with Gasteiger partial charge in [-0.15, -0.1) is 0 Å². The van der Waals surface area contributed by atoms with E-state index in [0.29, 0.717) is 35.2 Å². The first-order chi connectivity index (χ1) is 22.8. The maximum absolute atomic E-state index is 14.9. The summed E-state index contributed by atoms with van der Waals surface area (Å²) in [5.74, 6) is -1.19. The number of sulfone groups is 1. The molecule has 3 aromatic carbocycles. The number of nitrogen functional groups attached to an aromatic ring is 1. The Kier molecular flexibility index (Phi) is 10.1. The number of carboxylic acids is 1. The molecule has 3 atom stereocenters. The van der Waals surface area contributed by atoms with Gasteiger partial charge in [0.2, 0.25) is 5.91 Å². The number of nitrogens with zero attached hydrogens (tertiary/aromatic N) is 2. The zero-order chi connectivity index (χ0) is 34.7. The van der Waals surface area contributed by atoms with Gasteiger partial charge in [-0.1, -0.05) is 24.3 Å². The highest BCUT2D eigenvalue weighted by Gasteiger charge is 2.46. The molecule has 0 aliphatic carbocycles. The van der Waals surface area contributed by atoms with E-state index in [4.69, 9.17) is 15.2 Å². The molecule has 1 aromatic heterocycles. The van der Waals surface area contributed by atoms with Crippen LogP contribution in [-0.4, -0.2) is 59.8 Å². The summed E-state index contributed by atoms with van der Waals surface area (Å²) in [5.41, 5.74) is 7.53. The molecule has 4 N–H and O–H groups in total. The monoisotopic (exact) mass is 674 g/mol. The van der Waals surface area contributed by atoms with E-state index in [9.17, 15) is 23.1 Å². The second-order valence-electron chi connectivity index (χ2n) is 12.4. The number of anilines is 2. The summed E-state index contributed by atoms with van der Waals surface area (Å²) < 4.78 is 38.9. The fraction of sp³-hybridized carbons (Fsp3) is 0.361. The Balaban J connectivity index is 1.64. The van der Waals surface area contributed by atoms with Crippen LogP contribution < -0.4 is 20.5 Å². The van der Waals surface area contributed by atoms with E-state index < -0.39 is 45.0 Å². The molecule has 254 valence electrons. The summed E-state index contributed by atoms with van der Waals surface area (Å²) >= 11 is 0. The SMILES string of the molecule is CCOc1cc([C@@H](Nc2ccc3c(N)nccc3c2)C(=O)N2CC[C@@H](C(=O)O)[C@H]2c2ccccc2S(=O)(=O)C(C)C)ccc1OC(C)C. The Morgan fingerprint density at radius 3 is 2.48 bits per heavy atom. The van der Waals surface area contributed by atoms with Gasteiger partial charge in [0.05, 0.1) is 34.8 Å². The Labute approximate surface area is 281 Å². The summed E-state index contributed by atoms with van der Waals surface area (Å²) in [7, 11) is -3.81. The van der Waals surface area contributed by atoms with Crippen LogP contribution in [-0.2, 0) is 19.4 Å². The summed E-state index contributed by atoms with van der Waals surface area (Å²) in [4.78, 5) is 33.2. The van der Waals surface area contributed by atoms with Crippen molar-refractivity contribution >= 4 is 44.0 Å². The van der Waals surface area contributed by atoms with Crippen LogP contribution in [0.4, 0.5) is 11.5 Å². The van der Waals surface area contributed by atoms with Gasteiger partial charge in [-0.3, -0.25) is 9.59 Å². The molecule has 4 aromatic rings. The third-order valence-corrected chi connectivity index (χ3v) is 10.7. The number of carboxylic acid groups (broad SMARTS) is 1. The van der Waals surface area contributed by atoms with Crippen molar-refractivity contribution in [2.45, 2.75) is 69.4 Å². The zero-order valence-corrected chi connectivity index (χ0v) is 28.5. The van der Waals surface area contributed by atoms with E-state index in [2.05, 4.69) is 10.3 Å². The van der Waals surface area contributed by atoms with Crippen molar-refractivity contribution in [1.29, 1.82) is 0 Å². The van der Waals surface area contributed by atoms with E-state index in [1.807, 2.05) is 39.0 Å². The predicted molar refractivity (Wildman–Crippen MR) is 185 cm³/mol. The topological polar surface area (TPSA) is 161 Å². The summed E-state index contributed by atoms with van der Waals surface area (Å²) in [6.45, 7) is 9.29. The summed E-state index contributed by atoms with van der Waals surface area (Å²) in [5, 5.41) is 14.5. The van der Waals surface area contributed by atoms with Crippen molar-refractivity contribution in [2.24, 2.45) is 5.92 Å². The standard InChI is InChI=1S/C36H42N4O7S/c1-6-46-30-20-24(11-14-29(30)47-21(2)3)32(39-25-12-13-26-23(19-25)15-17-38-34(26)37)35(41)40-18-16-28(36(42)43)33(40)27-9-7-8-10-31(27)48(44,45)22(4)5/h7-15,17,19-22,28,32-33,39H,6,16,18H2,1-5H3,(H2,37,38)(H,42,43)/t28-,32-,33-/m1/s1. The first-order valence-electron chi connectivity index (χ1n) is 16.0. The number of ether oxygens (including phenoxy) is 2. The maximum Gasteiger partial charge on any atom is 0.309 e. The second kappa shape index (κ2) is 14.1. The first kappa shape index (κ1) is 34.5. The summed E-state index contributed by atoms with van der Waals surface area (Å²) in [6.07, 6.45) is 1.64. The predicted octanol–water partition coefficient (Wildman–Crippen LogP) is 6.01. The van der Waals surface area contributed by atoms with E-state index in [-0.39, 0.29) is 29.5 Å². The number of hydrogen-bond acceptors (Lipinski definition) is 9. The third kappa shape index (κ3) is 6.89. The van der Waals surface area contributed by atoms with E-state index in [0.717, 1.165) is 10.8 Å². The van der Waals surface area contributed by atoms with E-state index in [1.54, 1.807) is 62.5 Å². The lowest BCUT2D eigenvalue weighted by molar-refractivity contribution is -0.143. The number of amides is 1. The second-order valence-corrected chi connectivity index (χ2v) is 14.8. The van der Waals surface area contributed by atoms with Crippen molar-refractivity contribution in [1.82, 2.24) is 9.88 Å². The lowest BCUT2D eigenvalue weighted by Gasteiger charge is -2.33. The first-order valence-corrected chi connectivity index (χ1v) is 17.6. The van der Waals surface area contributed by atoms with Gasteiger partial charge in [0.1, 0.15) is 11.9 Å². The lowest BCUT2D eigenvalue weighted by Crippen LogP contribution is -2.40. The van der Waals surface area contributed by atoms with Crippen LogP contribution in [0, 0.1) is 5.92 Å². The highest BCUT2D eigenvalue weighted by Crippen LogP contribution is 2.43. The molecule has 5 rings (SSSR count). The Morgan fingerprint density at radius 2 is 1.79 bits per heavy atom. The number of carbonyl (C=O) groups excluding carboxylic acids is 1. The number of carbonyl (C=O) groups is 2. The molecule has 2 heterocycles. The molecular weight excluding hydrogens is 632 g/mol. The van der Waals surface area contributed by atoms with Crippen molar-refractivity contribution in [3.63, 3.8) is 0 Å². The average molecular weight is 675 g/mol. The third-order valence-electron chi connectivity index (χ3n) is 8.48. The number of fused-ring (bicyclic) bond motifs is 1. The van der Waals surface area contributed by atoms with Crippen LogP contribution in [0.2, 0.25) is 0 Å². The van der Waals surface area contributed by atoms with Crippen LogP contribution in [0.15, 0.2) is 77.8 Å². The van der Waals surface area contributed by atoms with Crippen LogP contribution in [0.1, 0.15) is 64.3 Å². The molecule has 0 spiro atoms. The zero-order valence-electron chi connectivity index (χ0n) is 27.7. The maximum atomic E-state index is 14.9. The molecule has 1 fully saturated rings. The number of pyridine rings is 1. The minimum atomic E-state index is -3.81. The highest BCUT2D eigenvalue weighted by molar-refractivity contribution is 7.92. The molecule has 0 bridgehead atoms. The van der Waals surface area contributed by atoms with Crippen molar-refractivity contribution < 1.29 is 32.6 Å². The number of rotatable bonds is 12. The Hall–Kier alpha value is -4.84. The number of hydrogen-bond donors (Lipinski definition) is 3. The van der Waals surface area contributed by atoms with Gasteiger partial charge in [0.25, 0.3) is 0 Å². The molecule has 0 radical (unpaired) electrons. The fourth-order valence-corrected chi connectivity index (χ4v) is 7.45. The average Bonchev–Trinajstić information content (AvgIpc) is 3.50. The number of nitrogens with two attached hydrogens (primary N) is 1. The molecule has 11 nitrogen and oxygen atoms in total. The molecule has 1 aliphatic heterocycles. The number of nitrogens with one attached hydrogen (secondary N) is 1. The molecule has 1 amide bonds. The molecule has 0 unspecified atom stereocenters. The van der Waals surface area contributed by atoms with E-state index >= 15 is 0 Å². The Morgan fingerprint density at radius 1 is 1.04 bits per heavy atom. The van der Waals surface area contributed by atoms with Crippen LogP contribution in [0.3, 0.4) is 0 Å². The minimum Gasteiger partial charge on any atom is -0.490 e. The van der Waals surface area contributed by atoms with Gasteiger partial charge in [0, 0.05) is 23.8 Å². The fourth-order valence-electron chi connectivity index (χ4n) is 6.16. The quantitative estimate of drug-likeness (QED) is 0.162. The van der Waals surface area contributed by atoms with Gasteiger partial charge >= 0.3 is 5.97 Å². The smallest absolute Gasteiger partial charge is 0.309 e. The van der Waals surface area contributed by atoms with E-state index in [1.165, 1.54) is 11.0 Å². The van der Waals surface area contributed by atoms with Gasteiger partial charge < -0.3 is 30.5 Å². The van der Waals surface area contributed by atoms with Crippen LogP contribution in [0.5, 0.6) is 11.5 Å².